The Balaban J connectivity index is 2.94. The van der Waals surface area contributed by atoms with Gasteiger partial charge in [0.15, 0.2) is 0 Å². The maximum atomic E-state index is 8.01. The molecule has 4 heteroatoms. The number of halogens is 1. The van der Waals surface area contributed by atoms with Crippen molar-refractivity contribution < 1.29 is 4.74 Å². The minimum atomic E-state index is -0.0343. The summed E-state index contributed by atoms with van der Waals surface area (Å²) in [6, 6.07) is 1.90. The Morgan fingerprint density at radius 2 is 2.44 bits per heavy atom. The third-order valence-corrected chi connectivity index (χ3v) is 0.696. The molecule has 0 unspecified atom stereocenters. The Morgan fingerprint density at radius 1 is 1.78 bits per heavy atom. The highest BCUT2D eigenvalue weighted by atomic mass is 35.5. The average molecular weight is 147 g/mol. The van der Waals surface area contributed by atoms with Crippen LogP contribution in [-0.4, -0.2) is 18.4 Å². The lowest BCUT2D eigenvalue weighted by atomic mass is 10.5. The van der Waals surface area contributed by atoms with Gasteiger partial charge in [0.2, 0.25) is 0 Å². The van der Waals surface area contributed by atoms with Crippen LogP contribution in [0.4, 0.5) is 0 Å². The molecule has 0 aliphatic heterocycles. The molecule has 0 spiro atoms. The molecular weight excluding hydrogens is 140 g/mol. The van der Waals surface area contributed by atoms with Crippen molar-refractivity contribution in [2.24, 2.45) is 0 Å². The molecule has 1 N–H and O–H groups in total. The van der Waals surface area contributed by atoms with Gasteiger partial charge in [0.1, 0.15) is 5.17 Å². The molecule has 9 heavy (non-hydrogen) atoms. The number of nitrogens with one attached hydrogen (secondary N) is 1. The summed E-state index contributed by atoms with van der Waals surface area (Å²) in [5, 5.41) is 14.7. The van der Waals surface area contributed by atoms with E-state index in [0.717, 1.165) is 0 Å². The van der Waals surface area contributed by atoms with Gasteiger partial charge in [-0.3, -0.25) is 5.41 Å². The Morgan fingerprint density at radius 3 is 2.89 bits per heavy atom. The van der Waals surface area contributed by atoms with Gasteiger partial charge in [-0.25, -0.2) is 0 Å². The number of nitrogens with zero attached hydrogens (tertiary/aromatic N) is 1. The third kappa shape index (κ3) is 7.41. The largest absolute Gasteiger partial charge is 0.373 e. The van der Waals surface area contributed by atoms with Crippen molar-refractivity contribution in [3.63, 3.8) is 0 Å². The first-order valence-electron chi connectivity index (χ1n) is 2.45. The first-order valence-corrected chi connectivity index (χ1v) is 2.83. The molecule has 0 aromatic rings. The average Bonchev–Trinajstić information content (AvgIpc) is 1.80. The molecule has 0 aliphatic carbocycles. The van der Waals surface area contributed by atoms with E-state index in [1.165, 1.54) is 0 Å². The van der Waals surface area contributed by atoms with Crippen molar-refractivity contribution >= 4 is 16.8 Å². The molecule has 0 aromatic carbocycles. The minimum absolute atomic E-state index is 0.0343. The second kappa shape index (κ2) is 5.54. The van der Waals surface area contributed by atoms with Crippen molar-refractivity contribution in [1.29, 1.82) is 10.7 Å². The SMILES string of the molecule is N#CCCOCC(=N)Cl. The summed E-state index contributed by atoms with van der Waals surface area (Å²) in [5.74, 6) is 0. The van der Waals surface area contributed by atoms with Crippen molar-refractivity contribution in [3.05, 3.63) is 0 Å². The van der Waals surface area contributed by atoms with Gasteiger partial charge in [-0.2, -0.15) is 5.26 Å². The van der Waals surface area contributed by atoms with Gasteiger partial charge >= 0.3 is 0 Å². The first kappa shape index (κ1) is 8.41. The third-order valence-electron chi connectivity index (χ3n) is 0.587. The highest BCUT2D eigenvalue weighted by Crippen LogP contribution is 1.84. The summed E-state index contributed by atoms with van der Waals surface area (Å²) < 4.78 is 4.76. The van der Waals surface area contributed by atoms with Gasteiger partial charge in [-0.15, -0.1) is 0 Å². The van der Waals surface area contributed by atoms with Gasteiger partial charge < -0.3 is 4.74 Å². The molecule has 0 amide bonds. The summed E-state index contributed by atoms with van der Waals surface area (Å²) in [5.41, 5.74) is 0. The maximum Gasteiger partial charge on any atom is 0.123 e. The minimum Gasteiger partial charge on any atom is -0.373 e. The summed E-state index contributed by atoms with van der Waals surface area (Å²) in [4.78, 5) is 0. The van der Waals surface area contributed by atoms with E-state index < -0.39 is 0 Å². The first-order chi connectivity index (χ1) is 4.27. The molecular formula is C5H7ClN2O. The van der Waals surface area contributed by atoms with Gasteiger partial charge in [-0.1, -0.05) is 11.6 Å². The van der Waals surface area contributed by atoms with Crippen molar-refractivity contribution in [2.75, 3.05) is 13.2 Å². The Labute approximate surface area is 58.7 Å². The van der Waals surface area contributed by atoms with Gasteiger partial charge in [-0.05, 0) is 0 Å². The van der Waals surface area contributed by atoms with Crippen LogP contribution in [0, 0.1) is 16.7 Å². The molecule has 0 heterocycles. The Bertz CT molecular complexity index is 129. The highest BCUT2D eigenvalue weighted by Gasteiger charge is 1.89. The molecule has 0 aliphatic rings. The van der Waals surface area contributed by atoms with Crippen LogP contribution < -0.4 is 0 Å². The molecule has 0 aromatic heterocycles. The summed E-state index contributed by atoms with van der Waals surface area (Å²) >= 11 is 5.13. The molecule has 0 saturated carbocycles. The molecule has 0 bridgehead atoms. The van der Waals surface area contributed by atoms with Gasteiger partial charge in [0, 0.05) is 0 Å². The number of ether oxygens (including phenoxy) is 1. The van der Waals surface area contributed by atoms with Crippen LogP contribution >= 0.6 is 11.6 Å². The van der Waals surface area contributed by atoms with Crippen molar-refractivity contribution in [2.45, 2.75) is 6.42 Å². The van der Waals surface area contributed by atoms with E-state index in [1.54, 1.807) is 0 Å². The number of nitriles is 1. The molecule has 50 valence electrons. The van der Waals surface area contributed by atoms with Crippen LogP contribution in [0.25, 0.3) is 0 Å². The number of hydrogen-bond acceptors (Lipinski definition) is 3. The molecule has 0 saturated heterocycles. The lowest BCUT2D eigenvalue weighted by Gasteiger charge is -1.94. The van der Waals surface area contributed by atoms with Gasteiger partial charge in [0.25, 0.3) is 0 Å². The van der Waals surface area contributed by atoms with Crippen molar-refractivity contribution in [1.82, 2.24) is 0 Å². The summed E-state index contributed by atoms with van der Waals surface area (Å²) in [6.07, 6.45) is 0.351. The van der Waals surface area contributed by atoms with E-state index in [2.05, 4.69) is 0 Å². The van der Waals surface area contributed by atoms with E-state index in [9.17, 15) is 0 Å². The fraction of sp³-hybridized carbons (Fsp3) is 0.600. The monoisotopic (exact) mass is 146 g/mol. The molecule has 3 nitrogen and oxygen atoms in total. The van der Waals surface area contributed by atoms with Gasteiger partial charge in [0.05, 0.1) is 25.7 Å². The summed E-state index contributed by atoms with van der Waals surface area (Å²) in [6.45, 7) is 0.467. The Kier molecular flexibility index (Phi) is 5.18. The number of hydrogen-bond donors (Lipinski definition) is 1. The fourth-order valence-corrected chi connectivity index (χ4v) is 0.357. The normalized spacial score (nSPS) is 8.44. The highest BCUT2D eigenvalue weighted by molar-refractivity contribution is 6.64. The van der Waals surface area contributed by atoms with Crippen molar-refractivity contribution in [3.8, 4) is 6.07 Å². The van der Waals surface area contributed by atoms with E-state index in [4.69, 9.17) is 27.0 Å². The second-order valence-corrected chi connectivity index (χ2v) is 1.82. The standard InChI is InChI=1S/C5H7ClN2O/c6-5(8)4-9-3-1-2-7/h8H,1,3-4H2. The predicted octanol–water partition coefficient (Wildman–Crippen LogP) is 1.13. The quantitative estimate of drug-likeness (QED) is 0.478. The number of rotatable bonds is 4. The van der Waals surface area contributed by atoms with Crippen LogP contribution in [0.1, 0.15) is 6.42 Å². The van der Waals surface area contributed by atoms with Crippen LogP contribution in [0.5, 0.6) is 0 Å². The van der Waals surface area contributed by atoms with Crippen LogP contribution in [0.15, 0.2) is 0 Å². The van der Waals surface area contributed by atoms with Crippen LogP contribution in [0.2, 0.25) is 0 Å². The molecule has 0 radical (unpaired) electrons. The maximum absolute atomic E-state index is 8.01. The zero-order chi connectivity index (χ0) is 7.11. The van der Waals surface area contributed by atoms with Crippen LogP contribution in [0.3, 0.4) is 0 Å². The lowest BCUT2D eigenvalue weighted by Crippen LogP contribution is -2.01. The topological polar surface area (TPSA) is 56.9 Å². The smallest absolute Gasteiger partial charge is 0.123 e. The van der Waals surface area contributed by atoms with E-state index in [-0.39, 0.29) is 11.8 Å². The predicted molar refractivity (Wildman–Crippen MR) is 34.6 cm³/mol. The lowest BCUT2D eigenvalue weighted by molar-refractivity contribution is 0.179. The summed E-state index contributed by atoms with van der Waals surface area (Å²) in [7, 11) is 0. The fourth-order valence-electron chi connectivity index (χ4n) is 0.280. The van der Waals surface area contributed by atoms with Crippen LogP contribution in [-0.2, 0) is 4.74 Å². The molecule has 0 fully saturated rings. The molecule has 0 rings (SSSR count). The Hall–Kier alpha value is -0.590. The second-order valence-electron chi connectivity index (χ2n) is 1.37. The zero-order valence-electron chi connectivity index (χ0n) is 4.85. The van der Waals surface area contributed by atoms with E-state index in [0.29, 0.717) is 13.0 Å². The van der Waals surface area contributed by atoms with E-state index >= 15 is 0 Å². The molecule has 0 atom stereocenters. The van der Waals surface area contributed by atoms with E-state index in [1.807, 2.05) is 6.07 Å². The zero-order valence-corrected chi connectivity index (χ0v) is 5.61.